The van der Waals surface area contributed by atoms with Crippen LogP contribution in [-0.2, 0) is 16.0 Å². The van der Waals surface area contributed by atoms with Crippen molar-refractivity contribution in [1.29, 1.82) is 0 Å². The minimum atomic E-state index is 0.679. The van der Waals surface area contributed by atoms with Crippen molar-refractivity contribution < 1.29 is 18.9 Å². The molecule has 142 valence electrons. The molecule has 0 atom stereocenters. The molecule has 0 spiro atoms. The van der Waals surface area contributed by atoms with E-state index in [2.05, 4.69) is 16.3 Å². The normalized spacial score (nSPS) is 14.7. The number of methoxy groups -OCH3 is 3. The molecule has 7 heteroatoms. The van der Waals surface area contributed by atoms with Crippen LogP contribution in [0.4, 0.5) is 5.82 Å². The standard InChI is InChI=1S/C19H27N3O4/c1-23-7-4-20-13-15-10-14-11-17(24-2)18(25-3)12-16(14)21-19(15)22-5-8-26-9-6-22/h10-12,20H,4-9,13H2,1-3H3. The lowest BCUT2D eigenvalue weighted by molar-refractivity contribution is 0.122. The summed E-state index contributed by atoms with van der Waals surface area (Å²) in [7, 11) is 4.99. The number of rotatable bonds is 8. The van der Waals surface area contributed by atoms with Crippen molar-refractivity contribution >= 4 is 16.7 Å². The van der Waals surface area contributed by atoms with E-state index >= 15 is 0 Å². The van der Waals surface area contributed by atoms with Gasteiger partial charge >= 0.3 is 0 Å². The molecule has 1 aliphatic rings. The molecular weight excluding hydrogens is 334 g/mol. The first-order valence-corrected chi connectivity index (χ1v) is 8.85. The molecule has 0 radical (unpaired) electrons. The highest BCUT2D eigenvalue weighted by atomic mass is 16.5. The van der Waals surface area contributed by atoms with Crippen molar-refractivity contribution in [3.63, 3.8) is 0 Å². The number of hydrogen-bond donors (Lipinski definition) is 1. The Kier molecular flexibility index (Phi) is 6.49. The Morgan fingerprint density at radius 3 is 2.50 bits per heavy atom. The molecule has 2 aromatic rings. The summed E-state index contributed by atoms with van der Waals surface area (Å²) in [5.41, 5.74) is 2.05. The zero-order valence-corrected chi connectivity index (χ0v) is 15.7. The van der Waals surface area contributed by atoms with Gasteiger partial charge in [-0.25, -0.2) is 4.98 Å². The molecule has 1 aromatic heterocycles. The van der Waals surface area contributed by atoms with Crippen LogP contribution >= 0.6 is 0 Å². The molecule has 0 saturated carbocycles. The maximum atomic E-state index is 5.49. The lowest BCUT2D eigenvalue weighted by Gasteiger charge is -2.30. The summed E-state index contributed by atoms with van der Waals surface area (Å²) in [6, 6.07) is 6.08. The fraction of sp³-hybridized carbons (Fsp3) is 0.526. The molecule has 3 rings (SSSR count). The van der Waals surface area contributed by atoms with Gasteiger partial charge < -0.3 is 29.2 Å². The summed E-state index contributed by atoms with van der Waals surface area (Å²) in [5.74, 6) is 2.39. The minimum absolute atomic E-state index is 0.679. The van der Waals surface area contributed by atoms with Crippen LogP contribution in [0.15, 0.2) is 18.2 Å². The molecule has 0 bridgehead atoms. The lowest BCUT2D eigenvalue weighted by Crippen LogP contribution is -2.37. The molecule has 26 heavy (non-hydrogen) atoms. The fourth-order valence-corrected chi connectivity index (χ4v) is 3.11. The first-order valence-electron chi connectivity index (χ1n) is 8.85. The number of morpholine rings is 1. The van der Waals surface area contributed by atoms with E-state index in [0.29, 0.717) is 18.1 Å². The average Bonchev–Trinajstić information content (AvgIpc) is 2.70. The number of ether oxygens (including phenoxy) is 4. The van der Waals surface area contributed by atoms with E-state index in [4.69, 9.17) is 23.9 Å². The molecule has 1 fully saturated rings. The van der Waals surface area contributed by atoms with Gasteiger partial charge in [-0.1, -0.05) is 0 Å². The Morgan fingerprint density at radius 1 is 1.08 bits per heavy atom. The Labute approximate surface area is 154 Å². The number of hydrogen-bond acceptors (Lipinski definition) is 7. The van der Waals surface area contributed by atoms with Gasteiger partial charge in [0, 0.05) is 50.3 Å². The van der Waals surface area contributed by atoms with Crippen LogP contribution in [0, 0.1) is 0 Å². The molecule has 7 nitrogen and oxygen atoms in total. The van der Waals surface area contributed by atoms with Gasteiger partial charge in [0.15, 0.2) is 11.5 Å². The third-order valence-corrected chi connectivity index (χ3v) is 4.49. The molecule has 0 amide bonds. The van der Waals surface area contributed by atoms with E-state index in [0.717, 1.165) is 61.7 Å². The van der Waals surface area contributed by atoms with Crippen molar-refractivity contribution in [1.82, 2.24) is 10.3 Å². The van der Waals surface area contributed by atoms with Gasteiger partial charge in [0.1, 0.15) is 5.82 Å². The summed E-state index contributed by atoms with van der Waals surface area (Å²) in [6.45, 7) is 5.34. The topological polar surface area (TPSA) is 65.1 Å². The summed E-state index contributed by atoms with van der Waals surface area (Å²) < 4.78 is 21.5. The van der Waals surface area contributed by atoms with E-state index in [1.54, 1.807) is 21.3 Å². The summed E-state index contributed by atoms with van der Waals surface area (Å²) >= 11 is 0. The predicted molar refractivity (Wildman–Crippen MR) is 101 cm³/mol. The Morgan fingerprint density at radius 2 is 1.81 bits per heavy atom. The van der Waals surface area contributed by atoms with Crippen LogP contribution in [0.3, 0.4) is 0 Å². The smallest absolute Gasteiger partial charge is 0.162 e. The number of nitrogens with zero attached hydrogens (tertiary/aromatic N) is 2. The van der Waals surface area contributed by atoms with E-state index in [1.807, 2.05) is 12.1 Å². The second kappa shape index (κ2) is 9.02. The van der Waals surface area contributed by atoms with Gasteiger partial charge in [-0.15, -0.1) is 0 Å². The molecule has 2 heterocycles. The van der Waals surface area contributed by atoms with Crippen LogP contribution in [-0.4, -0.2) is 65.8 Å². The minimum Gasteiger partial charge on any atom is -0.493 e. The third kappa shape index (κ3) is 4.17. The van der Waals surface area contributed by atoms with Gasteiger partial charge in [0.25, 0.3) is 0 Å². The van der Waals surface area contributed by atoms with Gasteiger partial charge in [-0.3, -0.25) is 0 Å². The molecule has 0 aliphatic carbocycles. The fourth-order valence-electron chi connectivity index (χ4n) is 3.11. The van der Waals surface area contributed by atoms with Crippen molar-refractivity contribution in [2.75, 3.05) is 65.7 Å². The highest BCUT2D eigenvalue weighted by molar-refractivity contribution is 5.85. The number of nitrogens with one attached hydrogen (secondary N) is 1. The van der Waals surface area contributed by atoms with Gasteiger partial charge in [-0.05, 0) is 12.1 Å². The second-order valence-electron chi connectivity index (χ2n) is 6.14. The quantitative estimate of drug-likeness (QED) is 0.720. The lowest BCUT2D eigenvalue weighted by atomic mass is 10.1. The number of aromatic nitrogens is 1. The van der Waals surface area contributed by atoms with Gasteiger partial charge in [0.2, 0.25) is 0 Å². The summed E-state index contributed by atoms with van der Waals surface area (Å²) in [4.78, 5) is 7.23. The maximum absolute atomic E-state index is 5.49. The van der Waals surface area contributed by atoms with Crippen LogP contribution < -0.4 is 19.7 Å². The number of fused-ring (bicyclic) bond motifs is 1. The molecule has 0 unspecified atom stereocenters. The summed E-state index contributed by atoms with van der Waals surface area (Å²) in [6.07, 6.45) is 0. The molecule has 1 N–H and O–H groups in total. The number of anilines is 1. The Hall–Kier alpha value is -2.09. The Bertz CT molecular complexity index is 732. The van der Waals surface area contributed by atoms with Crippen LogP contribution in [0.2, 0.25) is 0 Å². The van der Waals surface area contributed by atoms with Gasteiger partial charge in [0.05, 0.1) is 39.6 Å². The predicted octanol–water partition coefficient (Wildman–Crippen LogP) is 1.82. The molecule has 1 aromatic carbocycles. The van der Waals surface area contributed by atoms with E-state index in [9.17, 15) is 0 Å². The van der Waals surface area contributed by atoms with E-state index in [-0.39, 0.29) is 0 Å². The summed E-state index contributed by atoms with van der Waals surface area (Å²) in [5, 5.41) is 4.45. The maximum Gasteiger partial charge on any atom is 0.162 e. The monoisotopic (exact) mass is 361 g/mol. The molecular formula is C19H27N3O4. The van der Waals surface area contributed by atoms with Crippen molar-refractivity contribution in [3.05, 3.63) is 23.8 Å². The van der Waals surface area contributed by atoms with Crippen molar-refractivity contribution in [2.24, 2.45) is 0 Å². The van der Waals surface area contributed by atoms with Crippen LogP contribution in [0.25, 0.3) is 10.9 Å². The zero-order valence-electron chi connectivity index (χ0n) is 15.7. The first-order chi connectivity index (χ1) is 12.8. The highest BCUT2D eigenvalue weighted by Crippen LogP contribution is 2.34. The van der Waals surface area contributed by atoms with E-state index in [1.165, 1.54) is 0 Å². The average molecular weight is 361 g/mol. The Balaban J connectivity index is 1.98. The van der Waals surface area contributed by atoms with E-state index < -0.39 is 0 Å². The first kappa shape index (κ1) is 18.7. The SMILES string of the molecule is COCCNCc1cc2cc(OC)c(OC)cc2nc1N1CCOCC1. The third-order valence-electron chi connectivity index (χ3n) is 4.49. The highest BCUT2D eigenvalue weighted by Gasteiger charge is 2.18. The number of pyridine rings is 1. The largest absolute Gasteiger partial charge is 0.493 e. The second-order valence-corrected chi connectivity index (χ2v) is 6.14. The van der Waals surface area contributed by atoms with Crippen LogP contribution in [0.1, 0.15) is 5.56 Å². The van der Waals surface area contributed by atoms with Crippen molar-refractivity contribution in [3.8, 4) is 11.5 Å². The van der Waals surface area contributed by atoms with Crippen molar-refractivity contribution in [2.45, 2.75) is 6.54 Å². The zero-order chi connectivity index (χ0) is 18.4. The number of benzene rings is 1. The van der Waals surface area contributed by atoms with Gasteiger partial charge in [-0.2, -0.15) is 0 Å². The van der Waals surface area contributed by atoms with Crippen LogP contribution in [0.5, 0.6) is 11.5 Å². The molecule has 1 aliphatic heterocycles. The molecule has 1 saturated heterocycles.